The van der Waals surface area contributed by atoms with Crippen molar-refractivity contribution in [2.24, 2.45) is 0 Å². The summed E-state index contributed by atoms with van der Waals surface area (Å²) < 4.78 is 2.82. The van der Waals surface area contributed by atoms with Gasteiger partial charge in [-0.15, -0.1) is 0 Å². The summed E-state index contributed by atoms with van der Waals surface area (Å²) in [7, 11) is 10.9. The average molecular weight is 1120 g/mol. The van der Waals surface area contributed by atoms with Gasteiger partial charge in [-0.2, -0.15) is 0 Å². The molecule has 0 bridgehead atoms. The lowest BCUT2D eigenvalue weighted by Crippen LogP contribution is -2.55. The molecule has 6 aromatic carbocycles. The first kappa shape index (κ1) is 56.7. The van der Waals surface area contributed by atoms with E-state index in [9.17, 15) is 0 Å². The van der Waals surface area contributed by atoms with Gasteiger partial charge in [0.25, 0.3) is 0 Å². The minimum absolute atomic E-state index is 0.803. The largest absolute Gasteiger partial charge is 0.348 e. The maximum atomic E-state index is 6.08. The highest BCUT2D eigenvalue weighted by atomic mass is 33.1. The van der Waals surface area contributed by atoms with Crippen molar-refractivity contribution in [2.45, 2.75) is 58.5 Å². The third-order valence-electron chi connectivity index (χ3n) is 11.8. The first-order chi connectivity index (χ1) is 35.4. The maximum absolute atomic E-state index is 6.08. The van der Waals surface area contributed by atoms with E-state index in [1.54, 1.807) is 32.4 Å². The van der Waals surface area contributed by atoms with Crippen molar-refractivity contribution in [3.05, 3.63) is 215 Å². The van der Waals surface area contributed by atoms with Crippen molar-refractivity contribution in [1.82, 2.24) is 29.4 Å². The zero-order chi connectivity index (χ0) is 49.8. The standard InChI is InChI=1S/C57H66N6S9/c64-55(61(40-49-22-7-1-8-23-49)41-50-24-9-2-10-25-50)70-67-37-19-34-58-46-59(35-20-38-68-71-56(65)62(42-51-26-11-3-12-27-51)43-52-28-13-4-14-29-52)48-60(47-58)36-21-39-69-72-57(66)63(44-53-30-15-5-16-31-53)45-54-32-17-6-18-33-54/h1-18,22-33H,19-21,34-48H2. The van der Waals surface area contributed by atoms with Crippen LogP contribution in [0.3, 0.4) is 0 Å². The smallest absolute Gasteiger partial charge is 0.147 e. The van der Waals surface area contributed by atoms with Crippen molar-refractivity contribution in [1.29, 1.82) is 0 Å². The van der Waals surface area contributed by atoms with Crippen LogP contribution in [0.15, 0.2) is 182 Å². The Bertz CT molecular complexity index is 2040. The van der Waals surface area contributed by atoms with Gasteiger partial charge in [-0.05, 0) is 85.0 Å². The Kier molecular flexibility index (Phi) is 26.1. The summed E-state index contributed by atoms with van der Waals surface area (Å²) in [5, 5.41) is 0. The molecule has 1 fully saturated rings. The second-order valence-electron chi connectivity index (χ2n) is 17.7. The molecule has 0 unspecified atom stereocenters. The van der Waals surface area contributed by atoms with E-state index in [-0.39, 0.29) is 0 Å². The summed E-state index contributed by atoms with van der Waals surface area (Å²) in [4.78, 5) is 15.0. The molecular weight excluding hydrogens is 1060 g/mol. The maximum Gasteiger partial charge on any atom is 0.147 e. The van der Waals surface area contributed by atoms with E-state index >= 15 is 0 Å². The van der Waals surface area contributed by atoms with Crippen molar-refractivity contribution >= 4 is 114 Å². The predicted octanol–water partition coefficient (Wildman–Crippen LogP) is 15.1. The summed E-state index contributed by atoms with van der Waals surface area (Å²) in [6.45, 7) is 11.0. The van der Waals surface area contributed by atoms with E-state index in [1.807, 2.05) is 32.4 Å². The number of hydrogen-bond donors (Lipinski definition) is 0. The molecule has 1 aliphatic heterocycles. The van der Waals surface area contributed by atoms with Crippen LogP contribution in [0.4, 0.5) is 0 Å². The quantitative estimate of drug-likeness (QED) is 0.0277. The third kappa shape index (κ3) is 21.3. The van der Waals surface area contributed by atoms with Crippen molar-refractivity contribution < 1.29 is 0 Å². The second-order valence-corrected chi connectivity index (χ2v) is 26.8. The topological polar surface area (TPSA) is 19.4 Å². The van der Waals surface area contributed by atoms with Crippen LogP contribution in [0, 0.1) is 0 Å². The fourth-order valence-electron chi connectivity index (χ4n) is 8.26. The molecule has 6 nitrogen and oxygen atoms in total. The summed E-state index contributed by atoms with van der Waals surface area (Å²) in [6.07, 6.45) is 3.33. The zero-order valence-corrected chi connectivity index (χ0v) is 48.3. The van der Waals surface area contributed by atoms with Crippen LogP contribution in [0.1, 0.15) is 52.6 Å². The molecule has 6 aromatic rings. The molecule has 0 N–H and O–H groups in total. The summed E-state index contributed by atoms with van der Waals surface area (Å²) in [5.41, 5.74) is 7.64. The van der Waals surface area contributed by atoms with Crippen LogP contribution in [0.5, 0.6) is 0 Å². The van der Waals surface area contributed by atoms with Gasteiger partial charge in [0.15, 0.2) is 0 Å². The molecule has 1 heterocycles. The Morgan fingerprint density at radius 3 is 0.708 bits per heavy atom. The lowest BCUT2D eigenvalue weighted by molar-refractivity contribution is -0.0285. The van der Waals surface area contributed by atoms with Crippen LogP contribution < -0.4 is 0 Å². The van der Waals surface area contributed by atoms with Crippen molar-refractivity contribution in [3.8, 4) is 0 Å². The fourth-order valence-corrected chi connectivity index (χ4v) is 15.6. The normalized spacial score (nSPS) is 13.2. The first-order valence-electron chi connectivity index (χ1n) is 24.6. The van der Waals surface area contributed by atoms with Crippen LogP contribution in [-0.2, 0) is 39.3 Å². The highest BCUT2D eigenvalue weighted by Gasteiger charge is 2.23. The molecule has 1 aliphatic rings. The minimum Gasteiger partial charge on any atom is -0.348 e. The van der Waals surface area contributed by atoms with E-state index in [0.717, 1.165) is 128 Å². The summed E-state index contributed by atoms with van der Waals surface area (Å²) >= 11 is 18.2. The van der Waals surface area contributed by atoms with Crippen LogP contribution in [0.2, 0.25) is 0 Å². The van der Waals surface area contributed by atoms with Gasteiger partial charge in [-0.1, -0.05) is 251 Å². The zero-order valence-electron chi connectivity index (χ0n) is 40.9. The fraction of sp³-hybridized carbons (Fsp3) is 0.316. The van der Waals surface area contributed by atoms with Crippen LogP contribution in [-0.4, -0.2) is 99.3 Å². The van der Waals surface area contributed by atoms with E-state index in [1.165, 1.54) is 33.4 Å². The van der Waals surface area contributed by atoms with Gasteiger partial charge in [0.1, 0.15) is 13.0 Å². The Hall–Kier alpha value is -3.03. The molecular formula is C57H66N6S9. The Balaban J connectivity index is 0.887. The molecule has 0 radical (unpaired) electrons. The predicted molar refractivity (Wildman–Crippen MR) is 333 cm³/mol. The third-order valence-corrected chi connectivity index (χ3v) is 21.1. The molecule has 0 aliphatic carbocycles. The SMILES string of the molecule is S=C(SSCCCN1CN(CCCSSC(=S)N(Cc2ccccc2)Cc2ccccc2)CN(CCCSSC(=S)N(Cc2ccccc2)Cc2ccccc2)C1)N(Cc1ccccc1)Cc1ccccc1. The number of thiocarbonyl (C=S) groups is 3. The summed E-state index contributed by atoms with van der Waals surface area (Å²) in [5.74, 6) is 3.14. The molecule has 378 valence electrons. The molecule has 0 amide bonds. The Morgan fingerprint density at radius 1 is 0.319 bits per heavy atom. The van der Waals surface area contributed by atoms with E-state index in [0.29, 0.717) is 0 Å². The number of benzene rings is 6. The highest BCUT2D eigenvalue weighted by molar-refractivity contribution is 8.84. The van der Waals surface area contributed by atoms with Gasteiger partial charge in [-0.3, -0.25) is 14.7 Å². The lowest BCUT2D eigenvalue weighted by Gasteiger charge is -2.42. The van der Waals surface area contributed by atoms with E-state index in [4.69, 9.17) is 36.7 Å². The van der Waals surface area contributed by atoms with Crippen molar-refractivity contribution in [2.75, 3.05) is 56.9 Å². The van der Waals surface area contributed by atoms with E-state index < -0.39 is 0 Å². The molecule has 0 saturated carbocycles. The Morgan fingerprint density at radius 2 is 0.514 bits per heavy atom. The highest BCUT2D eigenvalue weighted by Crippen LogP contribution is 2.31. The van der Waals surface area contributed by atoms with Gasteiger partial charge in [0.2, 0.25) is 0 Å². The number of nitrogens with zero attached hydrogens (tertiary/aromatic N) is 6. The summed E-state index contributed by atoms with van der Waals surface area (Å²) in [6, 6.07) is 64.0. The molecule has 15 heteroatoms. The van der Waals surface area contributed by atoms with Crippen LogP contribution in [0.25, 0.3) is 0 Å². The molecule has 72 heavy (non-hydrogen) atoms. The van der Waals surface area contributed by atoms with Gasteiger partial charge >= 0.3 is 0 Å². The van der Waals surface area contributed by atoms with E-state index in [2.05, 4.69) is 211 Å². The van der Waals surface area contributed by atoms with Gasteiger partial charge in [0, 0.05) is 76.2 Å². The van der Waals surface area contributed by atoms with Gasteiger partial charge < -0.3 is 14.7 Å². The van der Waals surface area contributed by atoms with Crippen LogP contribution >= 0.6 is 101 Å². The number of hydrogen-bond acceptors (Lipinski definition) is 12. The second kappa shape index (κ2) is 33.1. The van der Waals surface area contributed by atoms with Gasteiger partial charge in [0.05, 0.1) is 20.0 Å². The monoisotopic (exact) mass is 1120 g/mol. The molecule has 0 atom stereocenters. The molecule has 0 aromatic heterocycles. The molecule has 1 saturated heterocycles. The minimum atomic E-state index is 0.803. The lowest BCUT2D eigenvalue weighted by atomic mass is 10.2. The molecule has 0 spiro atoms. The Labute approximate surface area is 470 Å². The first-order valence-corrected chi connectivity index (χ1v) is 32.8. The van der Waals surface area contributed by atoms with Crippen molar-refractivity contribution in [3.63, 3.8) is 0 Å². The molecule has 7 rings (SSSR count). The number of rotatable bonds is 27. The average Bonchev–Trinajstić information content (AvgIpc) is 3.41. The van der Waals surface area contributed by atoms with Gasteiger partial charge in [-0.25, -0.2) is 0 Å².